The number of Topliss-reactive ketones (excluding diaryl/α,β-unsaturated/α-hetero) is 1. The molecule has 1 N–H and O–H groups in total. The molecule has 0 radical (unpaired) electrons. The van der Waals surface area contributed by atoms with Crippen LogP contribution in [0, 0.1) is 0 Å². The second-order valence-electron chi connectivity index (χ2n) is 7.06. The Morgan fingerprint density at radius 2 is 1.64 bits per heavy atom. The highest BCUT2D eigenvalue weighted by Gasteiger charge is 2.30. The molecule has 1 saturated heterocycles. The van der Waals surface area contributed by atoms with Crippen molar-refractivity contribution in [3.63, 3.8) is 0 Å². The Morgan fingerprint density at radius 3 is 2.32 bits per heavy atom. The molecule has 1 heterocycles. The standard InChI is InChI=1S/C22H27NO2/c1-23-19(15-21(24)17-9-4-2-5-10-17)13-8-14-20(23)16-22(25)18-11-6-3-7-12-18/h2-7,9-12,19-21,24H,8,13-16H2,1H3/t19-,20+,21?/m1/s1. The highest BCUT2D eigenvalue weighted by atomic mass is 16.3. The molecule has 1 aliphatic rings. The zero-order chi connectivity index (χ0) is 17.6. The van der Waals surface area contributed by atoms with Crippen molar-refractivity contribution in [3.8, 4) is 0 Å². The third kappa shape index (κ3) is 4.56. The molecule has 0 bridgehead atoms. The van der Waals surface area contributed by atoms with Gasteiger partial charge in [-0.2, -0.15) is 0 Å². The van der Waals surface area contributed by atoms with Crippen LogP contribution in [0.5, 0.6) is 0 Å². The van der Waals surface area contributed by atoms with E-state index in [4.69, 9.17) is 0 Å². The summed E-state index contributed by atoms with van der Waals surface area (Å²) in [6, 6.07) is 20.0. The Kier molecular flexibility index (Phi) is 6.00. The topological polar surface area (TPSA) is 40.5 Å². The summed E-state index contributed by atoms with van der Waals surface area (Å²) >= 11 is 0. The fourth-order valence-corrected chi connectivity index (χ4v) is 3.85. The maximum absolute atomic E-state index is 12.5. The van der Waals surface area contributed by atoms with E-state index in [1.165, 1.54) is 0 Å². The molecule has 3 rings (SSSR count). The summed E-state index contributed by atoms with van der Waals surface area (Å²) in [6.45, 7) is 0. The maximum Gasteiger partial charge on any atom is 0.164 e. The Labute approximate surface area is 150 Å². The predicted molar refractivity (Wildman–Crippen MR) is 101 cm³/mol. The van der Waals surface area contributed by atoms with Gasteiger partial charge in [0.25, 0.3) is 0 Å². The van der Waals surface area contributed by atoms with Crippen molar-refractivity contribution in [1.82, 2.24) is 4.90 Å². The molecule has 1 aliphatic heterocycles. The van der Waals surface area contributed by atoms with E-state index in [2.05, 4.69) is 11.9 Å². The van der Waals surface area contributed by atoms with Crippen LogP contribution in [0.2, 0.25) is 0 Å². The Bertz CT molecular complexity index is 671. The molecule has 0 aromatic heterocycles. The summed E-state index contributed by atoms with van der Waals surface area (Å²) in [5.74, 6) is 0.210. The minimum Gasteiger partial charge on any atom is -0.388 e. The first-order valence-electron chi connectivity index (χ1n) is 9.18. The summed E-state index contributed by atoms with van der Waals surface area (Å²) in [4.78, 5) is 14.8. The summed E-state index contributed by atoms with van der Waals surface area (Å²) in [5.41, 5.74) is 1.76. The Balaban J connectivity index is 1.61. The van der Waals surface area contributed by atoms with Crippen LogP contribution >= 0.6 is 0 Å². The molecule has 3 atom stereocenters. The number of rotatable bonds is 6. The van der Waals surface area contributed by atoms with E-state index in [1.807, 2.05) is 60.7 Å². The van der Waals surface area contributed by atoms with Gasteiger partial charge in [0.1, 0.15) is 0 Å². The van der Waals surface area contributed by atoms with Crippen LogP contribution in [0.1, 0.15) is 54.1 Å². The van der Waals surface area contributed by atoms with Crippen LogP contribution in [0.15, 0.2) is 60.7 Å². The van der Waals surface area contributed by atoms with Gasteiger partial charge in [-0.15, -0.1) is 0 Å². The minimum atomic E-state index is -0.447. The molecular formula is C22H27NO2. The van der Waals surface area contributed by atoms with Gasteiger partial charge in [0.15, 0.2) is 5.78 Å². The van der Waals surface area contributed by atoms with Gasteiger partial charge in [-0.3, -0.25) is 9.69 Å². The lowest BCUT2D eigenvalue weighted by molar-refractivity contribution is 0.0549. The monoisotopic (exact) mass is 337 g/mol. The van der Waals surface area contributed by atoms with E-state index in [-0.39, 0.29) is 11.8 Å². The molecule has 0 aliphatic carbocycles. The highest BCUT2D eigenvalue weighted by molar-refractivity contribution is 5.96. The van der Waals surface area contributed by atoms with Crippen molar-refractivity contribution >= 4 is 5.78 Å². The van der Waals surface area contributed by atoms with E-state index in [0.29, 0.717) is 12.5 Å². The normalized spacial score (nSPS) is 22.5. The van der Waals surface area contributed by atoms with Crippen LogP contribution in [-0.4, -0.2) is 34.9 Å². The third-order valence-corrected chi connectivity index (χ3v) is 5.42. The SMILES string of the molecule is CN1[C@@H](CC(O)c2ccccc2)CCC[C@H]1CC(=O)c1ccccc1. The summed E-state index contributed by atoms with van der Waals surface area (Å²) in [6.07, 6.45) is 4.07. The second kappa shape index (κ2) is 8.41. The molecule has 1 fully saturated rings. The number of carbonyl (C=O) groups is 1. The van der Waals surface area contributed by atoms with Gasteiger partial charge in [-0.1, -0.05) is 67.1 Å². The molecule has 2 aromatic carbocycles. The number of nitrogens with zero attached hydrogens (tertiary/aromatic N) is 1. The van der Waals surface area contributed by atoms with E-state index < -0.39 is 6.10 Å². The first-order chi connectivity index (χ1) is 12.1. The lowest BCUT2D eigenvalue weighted by Gasteiger charge is -2.40. The lowest BCUT2D eigenvalue weighted by atomic mass is 9.88. The van der Waals surface area contributed by atoms with Crippen LogP contribution in [0.3, 0.4) is 0 Å². The van der Waals surface area contributed by atoms with E-state index in [0.717, 1.165) is 36.8 Å². The number of aliphatic hydroxyl groups excluding tert-OH is 1. The van der Waals surface area contributed by atoms with Crippen molar-refractivity contribution < 1.29 is 9.90 Å². The summed E-state index contributed by atoms with van der Waals surface area (Å²) in [5, 5.41) is 10.5. The summed E-state index contributed by atoms with van der Waals surface area (Å²) in [7, 11) is 2.10. The van der Waals surface area contributed by atoms with Gasteiger partial charge in [-0.05, 0) is 31.9 Å². The number of aliphatic hydroxyl groups is 1. The van der Waals surface area contributed by atoms with Crippen molar-refractivity contribution in [1.29, 1.82) is 0 Å². The number of piperidine rings is 1. The first kappa shape index (κ1) is 17.8. The molecule has 3 heteroatoms. The average molecular weight is 337 g/mol. The highest BCUT2D eigenvalue weighted by Crippen LogP contribution is 2.30. The van der Waals surface area contributed by atoms with Crippen LogP contribution in [-0.2, 0) is 0 Å². The molecule has 0 spiro atoms. The second-order valence-corrected chi connectivity index (χ2v) is 7.06. The maximum atomic E-state index is 12.5. The van der Waals surface area contributed by atoms with E-state index >= 15 is 0 Å². The van der Waals surface area contributed by atoms with Crippen LogP contribution in [0.4, 0.5) is 0 Å². The lowest BCUT2D eigenvalue weighted by Crippen LogP contribution is -2.45. The van der Waals surface area contributed by atoms with Crippen molar-refractivity contribution in [2.45, 2.75) is 50.3 Å². The smallest absolute Gasteiger partial charge is 0.164 e. The van der Waals surface area contributed by atoms with Gasteiger partial charge in [0.2, 0.25) is 0 Å². The molecular weight excluding hydrogens is 310 g/mol. The molecule has 1 unspecified atom stereocenters. The number of benzene rings is 2. The fraction of sp³-hybridized carbons (Fsp3) is 0.409. The average Bonchev–Trinajstić information content (AvgIpc) is 2.66. The number of ketones is 1. The van der Waals surface area contributed by atoms with Crippen molar-refractivity contribution in [2.24, 2.45) is 0 Å². The van der Waals surface area contributed by atoms with Gasteiger partial charge in [0.05, 0.1) is 6.10 Å². The fourth-order valence-electron chi connectivity index (χ4n) is 3.85. The van der Waals surface area contributed by atoms with Crippen LogP contribution in [0.25, 0.3) is 0 Å². The summed E-state index contributed by atoms with van der Waals surface area (Å²) < 4.78 is 0. The number of carbonyl (C=O) groups excluding carboxylic acids is 1. The predicted octanol–water partition coefficient (Wildman–Crippen LogP) is 4.24. The molecule has 132 valence electrons. The number of hydrogen-bond acceptors (Lipinski definition) is 3. The van der Waals surface area contributed by atoms with Crippen LogP contribution < -0.4 is 0 Å². The van der Waals surface area contributed by atoms with Crippen molar-refractivity contribution in [2.75, 3.05) is 7.05 Å². The largest absolute Gasteiger partial charge is 0.388 e. The minimum absolute atomic E-state index is 0.210. The molecule has 2 aromatic rings. The first-order valence-corrected chi connectivity index (χ1v) is 9.18. The zero-order valence-electron chi connectivity index (χ0n) is 14.8. The Hall–Kier alpha value is -1.97. The van der Waals surface area contributed by atoms with Gasteiger partial charge in [-0.25, -0.2) is 0 Å². The van der Waals surface area contributed by atoms with Crippen molar-refractivity contribution in [3.05, 3.63) is 71.8 Å². The van der Waals surface area contributed by atoms with Gasteiger partial charge >= 0.3 is 0 Å². The van der Waals surface area contributed by atoms with Gasteiger partial charge < -0.3 is 5.11 Å². The molecule has 25 heavy (non-hydrogen) atoms. The molecule has 0 amide bonds. The van der Waals surface area contributed by atoms with Gasteiger partial charge in [0, 0.05) is 24.1 Å². The zero-order valence-corrected chi connectivity index (χ0v) is 14.8. The number of hydrogen-bond donors (Lipinski definition) is 1. The van der Waals surface area contributed by atoms with E-state index in [1.54, 1.807) is 0 Å². The molecule has 0 saturated carbocycles. The van der Waals surface area contributed by atoms with E-state index in [9.17, 15) is 9.90 Å². The Morgan fingerprint density at radius 1 is 1.04 bits per heavy atom. The third-order valence-electron chi connectivity index (χ3n) is 5.42. The molecule has 3 nitrogen and oxygen atoms in total. The number of likely N-dealkylation sites (tertiary alicyclic amines) is 1. The quantitative estimate of drug-likeness (QED) is 0.802.